The van der Waals surface area contributed by atoms with Gasteiger partial charge < -0.3 is 11.1 Å². The van der Waals surface area contributed by atoms with Crippen LogP contribution in [0.5, 0.6) is 0 Å². The highest BCUT2D eigenvalue weighted by Gasteiger charge is 2.35. The topological polar surface area (TPSA) is 110 Å². The van der Waals surface area contributed by atoms with Crippen LogP contribution in [0.1, 0.15) is 24.8 Å². The largest absolute Gasteiger partial charge is 0.374 e. The minimum absolute atomic E-state index is 0.0312. The van der Waals surface area contributed by atoms with Gasteiger partial charge in [0.05, 0.1) is 11.8 Å². The number of nitrogen functional groups attached to an aromatic ring is 1. The standard InChI is InChI=1S/C9H17N5O2S2/c1-6(4-12-18(15,16)7-2-3-7)11-5-8-13-14-9(10)17-8/h6-7,11-12H,2-5H2,1H3,(H2,10,14)/t6-/m1/s1. The molecule has 0 unspecified atom stereocenters. The van der Waals surface area contributed by atoms with E-state index >= 15 is 0 Å². The molecular formula is C9H17N5O2S2. The quantitative estimate of drug-likeness (QED) is 0.635. The zero-order chi connectivity index (χ0) is 13.2. The predicted octanol–water partition coefficient (Wildman–Crippen LogP) is -0.320. The van der Waals surface area contributed by atoms with Crippen molar-refractivity contribution in [2.45, 2.75) is 37.6 Å². The van der Waals surface area contributed by atoms with E-state index in [1.165, 1.54) is 11.3 Å². The third kappa shape index (κ3) is 3.87. The summed E-state index contributed by atoms with van der Waals surface area (Å²) in [6.45, 7) is 2.84. The Morgan fingerprint density at radius 3 is 2.78 bits per heavy atom. The third-order valence-corrected chi connectivity index (χ3v) is 5.31. The van der Waals surface area contributed by atoms with Crippen molar-refractivity contribution in [3.8, 4) is 0 Å². The molecule has 1 aromatic rings. The second-order valence-electron chi connectivity index (χ2n) is 4.41. The summed E-state index contributed by atoms with van der Waals surface area (Å²) in [5, 5.41) is 11.8. The molecule has 0 bridgehead atoms. The molecule has 1 aliphatic rings. The van der Waals surface area contributed by atoms with Gasteiger partial charge in [0.2, 0.25) is 15.2 Å². The lowest BCUT2D eigenvalue weighted by Crippen LogP contribution is -2.39. The van der Waals surface area contributed by atoms with Crippen LogP contribution in [0.4, 0.5) is 5.13 Å². The average Bonchev–Trinajstić information content (AvgIpc) is 3.09. The van der Waals surface area contributed by atoms with Crippen molar-refractivity contribution < 1.29 is 8.42 Å². The van der Waals surface area contributed by atoms with Gasteiger partial charge in [-0.1, -0.05) is 11.3 Å². The maximum Gasteiger partial charge on any atom is 0.214 e. The fraction of sp³-hybridized carbons (Fsp3) is 0.778. The van der Waals surface area contributed by atoms with E-state index in [0.717, 1.165) is 17.8 Å². The Morgan fingerprint density at radius 1 is 1.50 bits per heavy atom. The molecule has 0 saturated heterocycles. The summed E-state index contributed by atoms with van der Waals surface area (Å²) in [6, 6.07) is 0.0312. The summed E-state index contributed by atoms with van der Waals surface area (Å²) in [5.41, 5.74) is 5.47. The molecule has 9 heteroatoms. The number of nitrogens with two attached hydrogens (primary N) is 1. The molecule has 0 aromatic carbocycles. The van der Waals surface area contributed by atoms with Crippen LogP contribution in [0.3, 0.4) is 0 Å². The van der Waals surface area contributed by atoms with Crippen LogP contribution < -0.4 is 15.8 Å². The first kappa shape index (κ1) is 13.7. The number of hydrogen-bond donors (Lipinski definition) is 3. The Bertz CT molecular complexity index is 497. The number of hydrogen-bond acceptors (Lipinski definition) is 7. The molecule has 1 heterocycles. The summed E-state index contributed by atoms with van der Waals surface area (Å²) < 4.78 is 25.8. The van der Waals surface area contributed by atoms with Crippen molar-refractivity contribution in [2.75, 3.05) is 12.3 Å². The van der Waals surface area contributed by atoms with Crippen LogP contribution in [0.25, 0.3) is 0 Å². The molecule has 1 aliphatic carbocycles. The highest BCUT2D eigenvalue weighted by atomic mass is 32.2. The van der Waals surface area contributed by atoms with Gasteiger partial charge in [0.15, 0.2) is 0 Å². The Labute approximate surface area is 110 Å². The predicted molar refractivity (Wildman–Crippen MR) is 70.6 cm³/mol. The molecule has 102 valence electrons. The van der Waals surface area contributed by atoms with Crippen LogP contribution in [-0.2, 0) is 16.6 Å². The maximum atomic E-state index is 11.6. The van der Waals surface area contributed by atoms with Gasteiger partial charge in [-0.3, -0.25) is 0 Å². The highest BCUT2D eigenvalue weighted by Crippen LogP contribution is 2.27. The van der Waals surface area contributed by atoms with E-state index in [2.05, 4.69) is 20.2 Å². The van der Waals surface area contributed by atoms with E-state index < -0.39 is 10.0 Å². The zero-order valence-electron chi connectivity index (χ0n) is 10.1. The van der Waals surface area contributed by atoms with Crippen molar-refractivity contribution in [3.05, 3.63) is 5.01 Å². The summed E-state index contributed by atoms with van der Waals surface area (Å²) in [7, 11) is -3.10. The van der Waals surface area contributed by atoms with E-state index in [1.807, 2.05) is 6.92 Å². The lowest BCUT2D eigenvalue weighted by atomic mass is 10.3. The van der Waals surface area contributed by atoms with Crippen molar-refractivity contribution >= 4 is 26.5 Å². The van der Waals surface area contributed by atoms with Crippen LogP contribution in [0.15, 0.2) is 0 Å². The molecular weight excluding hydrogens is 274 g/mol. The molecule has 0 spiro atoms. The Balaban J connectivity index is 1.70. The lowest BCUT2D eigenvalue weighted by Gasteiger charge is -2.13. The number of rotatable bonds is 7. The second-order valence-corrected chi connectivity index (χ2v) is 7.55. The van der Waals surface area contributed by atoms with Gasteiger partial charge in [0.1, 0.15) is 5.01 Å². The van der Waals surface area contributed by atoms with Gasteiger partial charge in [-0.15, -0.1) is 10.2 Å². The summed E-state index contributed by atoms with van der Waals surface area (Å²) in [5.74, 6) is 0. The van der Waals surface area contributed by atoms with E-state index in [4.69, 9.17) is 5.73 Å². The summed E-state index contributed by atoms with van der Waals surface area (Å²) >= 11 is 1.32. The van der Waals surface area contributed by atoms with Crippen LogP contribution in [0.2, 0.25) is 0 Å². The smallest absolute Gasteiger partial charge is 0.214 e. The molecule has 0 aliphatic heterocycles. The third-order valence-electron chi connectivity index (χ3n) is 2.64. The van der Waals surface area contributed by atoms with E-state index in [-0.39, 0.29) is 11.3 Å². The number of anilines is 1. The Morgan fingerprint density at radius 2 is 2.22 bits per heavy atom. The first-order valence-electron chi connectivity index (χ1n) is 5.77. The SMILES string of the molecule is C[C@H](CNS(=O)(=O)C1CC1)NCc1nnc(N)s1. The van der Waals surface area contributed by atoms with Crippen LogP contribution >= 0.6 is 11.3 Å². The molecule has 0 amide bonds. The minimum atomic E-state index is -3.10. The molecule has 4 N–H and O–H groups in total. The Hall–Kier alpha value is -0.770. The number of nitrogens with one attached hydrogen (secondary N) is 2. The van der Waals surface area contributed by atoms with Crippen molar-refractivity contribution in [3.63, 3.8) is 0 Å². The minimum Gasteiger partial charge on any atom is -0.374 e. The maximum absolute atomic E-state index is 11.6. The van der Waals surface area contributed by atoms with E-state index in [0.29, 0.717) is 18.2 Å². The van der Waals surface area contributed by atoms with Gasteiger partial charge in [-0.25, -0.2) is 13.1 Å². The molecule has 1 fully saturated rings. The van der Waals surface area contributed by atoms with Gasteiger partial charge in [0, 0.05) is 12.6 Å². The highest BCUT2D eigenvalue weighted by molar-refractivity contribution is 7.90. The fourth-order valence-electron chi connectivity index (χ4n) is 1.41. The number of nitrogens with zero attached hydrogens (tertiary/aromatic N) is 2. The first-order chi connectivity index (χ1) is 8.47. The van der Waals surface area contributed by atoms with E-state index in [1.54, 1.807) is 0 Å². The van der Waals surface area contributed by atoms with Gasteiger partial charge in [-0.05, 0) is 19.8 Å². The van der Waals surface area contributed by atoms with Crippen LogP contribution in [-0.4, -0.2) is 36.5 Å². The lowest BCUT2D eigenvalue weighted by molar-refractivity contribution is 0.522. The summed E-state index contributed by atoms with van der Waals surface area (Å²) in [6.07, 6.45) is 1.56. The first-order valence-corrected chi connectivity index (χ1v) is 8.13. The van der Waals surface area contributed by atoms with Crippen molar-refractivity contribution in [2.24, 2.45) is 0 Å². The molecule has 7 nitrogen and oxygen atoms in total. The number of aromatic nitrogens is 2. The van der Waals surface area contributed by atoms with Crippen molar-refractivity contribution in [1.29, 1.82) is 0 Å². The fourth-order valence-corrected chi connectivity index (χ4v) is 3.44. The molecule has 0 radical (unpaired) electrons. The van der Waals surface area contributed by atoms with Crippen molar-refractivity contribution in [1.82, 2.24) is 20.2 Å². The molecule has 1 atom stereocenters. The Kier molecular flexibility index (Phi) is 4.15. The molecule has 1 saturated carbocycles. The summed E-state index contributed by atoms with van der Waals surface area (Å²) in [4.78, 5) is 0. The normalized spacial score (nSPS) is 17.8. The van der Waals surface area contributed by atoms with Crippen LogP contribution in [0, 0.1) is 0 Å². The van der Waals surface area contributed by atoms with Gasteiger partial charge >= 0.3 is 0 Å². The second kappa shape index (κ2) is 5.47. The molecule has 18 heavy (non-hydrogen) atoms. The van der Waals surface area contributed by atoms with E-state index in [9.17, 15) is 8.42 Å². The molecule has 1 aromatic heterocycles. The average molecular weight is 291 g/mol. The van der Waals surface area contributed by atoms with Gasteiger partial charge in [-0.2, -0.15) is 0 Å². The van der Waals surface area contributed by atoms with Gasteiger partial charge in [0.25, 0.3) is 0 Å². The monoisotopic (exact) mass is 291 g/mol. The molecule has 2 rings (SSSR count). The number of sulfonamides is 1. The zero-order valence-corrected chi connectivity index (χ0v) is 11.7.